The van der Waals surface area contributed by atoms with Crippen molar-refractivity contribution >= 4 is 0 Å². The summed E-state index contributed by atoms with van der Waals surface area (Å²) in [7, 11) is 0. The van der Waals surface area contributed by atoms with Crippen LogP contribution < -0.4 is 5.32 Å². The summed E-state index contributed by atoms with van der Waals surface area (Å²) in [6, 6.07) is 14.3. The zero-order chi connectivity index (χ0) is 14.4. The Hall–Kier alpha value is -2.12. The second kappa shape index (κ2) is 6.36. The fourth-order valence-electron chi connectivity index (χ4n) is 2.43. The van der Waals surface area contributed by atoms with E-state index < -0.39 is 5.54 Å². The fraction of sp³-hybridized carbons (Fsp3) is 0.375. The summed E-state index contributed by atoms with van der Waals surface area (Å²) in [4.78, 5) is 0. The average molecular weight is 268 g/mol. The molecule has 0 saturated heterocycles. The van der Waals surface area contributed by atoms with E-state index in [0.29, 0.717) is 13.0 Å². The second-order valence-electron chi connectivity index (χ2n) is 4.86. The number of aryl methyl sites for hydroxylation is 2. The van der Waals surface area contributed by atoms with Crippen molar-refractivity contribution in [1.82, 2.24) is 15.1 Å². The molecule has 0 saturated carbocycles. The summed E-state index contributed by atoms with van der Waals surface area (Å²) in [6.07, 6.45) is 2.48. The summed E-state index contributed by atoms with van der Waals surface area (Å²) in [5, 5.41) is 17.3. The van der Waals surface area contributed by atoms with Crippen LogP contribution in [0.25, 0.3) is 0 Å². The standard InChI is InChI=1S/C16H20N4/c1-3-18-16(13-17,15-7-5-4-6-8-15)10-12-20-14(2)9-11-19-20/h4-9,11,18H,3,10,12H2,1-2H3. The summed E-state index contributed by atoms with van der Waals surface area (Å²) in [5.74, 6) is 0. The van der Waals surface area contributed by atoms with Crippen LogP contribution in [0.15, 0.2) is 42.6 Å². The molecule has 0 aliphatic heterocycles. The van der Waals surface area contributed by atoms with Gasteiger partial charge in [0.05, 0.1) is 6.07 Å². The predicted molar refractivity (Wildman–Crippen MR) is 79.0 cm³/mol. The van der Waals surface area contributed by atoms with Gasteiger partial charge in [-0.15, -0.1) is 0 Å². The average Bonchev–Trinajstić information content (AvgIpc) is 2.90. The first-order valence-corrected chi connectivity index (χ1v) is 6.92. The monoisotopic (exact) mass is 268 g/mol. The first-order valence-electron chi connectivity index (χ1n) is 6.92. The molecular formula is C16H20N4. The lowest BCUT2D eigenvalue weighted by molar-refractivity contribution is 0.369. The molecule has 1 unspecified atom stereocenters. The van der Waals surface area contributed by atoms with Gasteiger partial charge < -0.3 is 0 Å². The smallest absolute Gasteiger partial charge is 0.134 e. The van der Waals surface area contributed by atoms with Gasteiger partial charge in [-0.25, -0.2) is 0 Å². The SMILES string of the molecule is CCNC(C#N)(CCn1nccc1C)c1ccccc1. The molecule has 0 amide bonds. The summed E-state index contributed by atoms with van der Waals surface area (Å²) in [6.45, 7) is 5.51. The van der Waals surface area contributed by atoms with Gasteiger partial charge >= 0.3 is 0 Å². The molecule has 0 bridgehead atoms. The van der Waals surface area contributed by atoms with Gasteiger partial charge in [0.2, 0.25) is 0 Å². The molecule has 2 rings (SSSR count). The molecule has 2 aromatic rings. The normalized spacial score (nSPS) is 13.7. The lowest BCUT2D eigenvalue weighted by Gasteiger charge is -2.28. The van der Waals surface area contributed by atoms with Gasteiger partial charge in [0, 0.05) is 24.9 Å². The first kappa shape index (κ1) is 14.3. The Morgan fingerprint density at radius 1 is 1.30 bits per heavy atom. The number of nitrogens with one attached hydrogen (secondary N) is 1. The number of hydrogen-bond donors (Lipinski definition) is 1. The van der Waals surface area contributed by atoms with E-state index in [1.165, 1.54) is 0 Å². The molecule has 1 aromatic carbocycles. The Bertz CT molecular complexity index is 582. The second-order valence-corrected chi connectivity index (χ2v) is 4.86. The van der Waals surface area contributed by atoms with E-state index in [0.717, 1.165) is 17.8 Å². The Labute approximate surface area is 120 Å². The van der Waals surface area contributed by atoms with Crippen LogP contribution >= 0.6 is 0 Å². The number of aromatic nitrogens is 2. The van der Waals surface area contributed by atoms with Crippen LogP contribution in [0.5, 0.6) is 0 Å². The molecule has 1 atom stereocenters. The lowest BCUT2D eigenvalue weighted by Crippen LogP contribution is -2.42. The molecule has 0 spiro atoms. The van der Waals surface area contributed by atoms with Crippen LogP contribution in [-0.4, -0.2) is 16.3 Å². The van der Waals surface area contributed by atoms with Crippen molar-refractivity contribution < 1.29 is 0 Å². The van der Waals surface area contributed by atoms with Crippen LogP contribution in [0.4, 0.5) is 0 Å². The predicted octanol–water partition coefficient (Wildman–Crippen LogP) is 2.61. The van der Waals surface area contributed by atoms with Gasteiger partial charge in [0.15, 0.2) is 0 Å². The van der Waals surface area contributed by atoms with Crippen LogP contribution in [-0.2, 0) is 12.1 Å². The van der Waals surface area contributed by atoms with Gasteiger partial charge in [0.25, 0.3) is 0 Å². The van der Waals surface area contributed by atoms with Gasteiger partial charge in [-0.1, -0.05) is 37.3 Å². The van der Waals surface area contributed by atoms with Gasteiger partial charge in [-0.2, -0.15) is 10.4 Å². The van der Waals surface area contributed by atoms with E-state index in [1.807, 2.05) is 54.9 Å². The number of hydrogen-bond acceptors (Lipinski definition) is 3. The minimum Gasteiger partial charge on any atom is -0.296 e. The highest BCUT2D eigenvalue weighted by Crippen LogP contribution is 2.25. The van der Waals surface area contributed by atoms with Crippen molar-refractivity contribution in [3.63, 3.8) is 0 Å². The number of nitriles is 1. The minimum atomic E-state index is -0.658. The highest BCUT2D eigenvalue weighted by atomic mass is 15.3. The van der Waals surface area contributed by atoms with Crippen molar-refractivity contribution in [2.24, 2.45) is 0 Å². The van der Waals surface area contributed by atoms with Gasteiger partial charge in [-0.3, -0.25) is 10.00 Å². The Balaban J connectivity index is 2.24. The lowest BCUT2D eigenvalue weighted by atomic mass is 9.88. The molecule has 1 N–H and O–H groups in total. The molecule has 0 aliphatic rings. The number of benzene rings is 1. The summed E-state index contributed by atoms with van der Waals surface area (Å²) >= 11 is 0. The van der Waals surface area contributed by atoms with E-state index in [2.05, 4.69) is 16.5 Å². The van der Waals surface area contributed by atoms with Crippen molar-refractivity contribution in [3.05, 3.63) is 53.9 Å². The van der Waals surface area contributed by atoms with Crippen molar-refractivity contribution in [1.29, 1.82) is 5.26 Å². The molecule has 4 nitrogen and oxygen atoms in total. The highest BCUT2D eigenvalue weighted by Gasteiger charge is 2.31. The van der Waals surface area contributed by atoms with Gasteiger partial charge in [0.1, 0.15) is 5.54 Å². The quantitative estimate of drug-likeness (QED) is 0.876. The Kier molecular flexibility index (Phi) is 4.54. The van der Waals surface area contributed by atoms with Crippen molar-refractivity contribution in [3.8, 4) is 6.07 Å². The zero-order valence-corrected chi connectivity index (χ0v) is 12.0. The molecule has 0 fully saturated rings. The fourth-order valence-corrected chi connectivity index (χ4v) is 2.43. The largest absolute Gasteiger partial charge is 0.296 e. The summed E-state index contributed by atoms with van der Waals surface area (Å²) < 4.78 is 1.94. The maximum Gasteiger partial charge on any atom is 0.134 e. The van der Waals surface area contributed by atoms with Crippen molar-refractivity contribution in [2.45, 2.75) is 32.4 Å². The van der Waals surface area contributed by atoms with Gasteiger partial charge in [-0.05, 0) is 25.1 Å². The van der Waals surface area contributed by atoms with Crippen LogP contribution in [0.2, 0.25) is 0 Å². The number of rotatable bonds is 6. The van der Waals surface area contributed by atoms with Crippen molar-refractivity contribution in [2.75, 3.05) is 6.54 Å². The first-order chi connectivity index (χ1) is 9.72. The van der Waals surface area contributed by atoms with E-state index in [1.54, 1.807) is 6.20 Å². The van der Waals surface area contributed by atoms with Crippen LogP contribution in [0.1, 0.15) is 24.6 Å². The minimum absolute atomic E-state index is 0.658. The molecule has 1 aromatic heterocycles. The molecular weight excluding hydrogens is 248 g/mol. The van der Waals surface area contributed by atoms with E-state index in [4.69, 9.17) is 0 Å². The van der Waals surface area contributed by atoms with E-state index >= 15 is 0 Å². The molecule has 0 radical (unpaired) electrons. The molecule has 1 heterocycles. The maximum atomic E-state index is 9.72. The maximum absolute atomic E-state index is 9.72. The molecule has 0 aliphatic carbocycles. The third kappa shape index (κ3) is 2.89. The van der Waals surface area contributed by atoms with E-state index in [-0.39, 0.29) is 0 Å². The number of nitrogens with zero attached hydrogens (tertiary/aromatic N) is 3. The zero-order valence-electron chi connectivity index (χ0n) is 12.0. The molecule has 4 heteroatoms. The molecule has 104 valence electrons. The topological polar surface area (TPSA) is 53.6 Å². The third-order valence-electron chi connectivity index (χ3n) is 3.56. The van der Waals surface area contributed by atoms with E-state index in [9.17, 15) is 5.26 Å². The third-order valence-corrected chi connectivity index (χ3v) is 3.56. The van der Waals surface area contributed by atoms with Crippen LogP contribution in [0, 0.1) is 18.3 Å². The molecule has 20 heavy (non-hydrogen) atoms. The highest BCUT2D eigenvalue weighted by molar-refractivity contribution is 5.31. The van der Waals surface area contributed by atoms with Crippen LogP contribution in [0.3, 0.4) is 0 Å². The Morgan fingerprint density at radius 3 is 2.60 bits per heavy atom. The summed E-state index contributed by atoms with van der Waals surface area (Å²) in [5.41, 5.74) is 1.46. The Morgan fingerprint density at radius 2 is 2.05 bits per heavy atom.